The van der Waals surface area contributed by atoms with E-state index in [0.29, 0.717) is 0 Å². The summed E-state index contributed by atoms with van der Waals surface area (Å²) in [5.41, 5.74) is 5.65. The molecule has 4 aromatic carbocycles. The number of nitrogens with zero attached hydrogens (tertiary/aromatic N) is 4. The van der Waals surface area contributed by atoms with Gasteiger partial charge in [0.2, 0.25) is 0 Å². The summed E-state index contributed by atoms with van der Waals surface area (Å²) in [4.78, 5) is 8.87. The van der Waals surface area contributed by atoms with E-state index in [1.165, 1.54) is 11.1 Å². The van der Waals surface area contributed by atoms with Crippen molar-refractivity contribution in [1.29, 1.82) is 0 Å². The van der Waals surface area contributed by atoms with Crippen LogP contribution in [-0.2, 0) is 37.6 Å². The molecule has 0 radical (unpaired) electrons. The molecule has 230 valence electrons. The molecule has 6 heteroatoms. The van der Waals surface area contributed by atoms with Crippen molar-refractivity contribution >= 4 is 11.4 Å². The van der Waals surface area contributed by atoms with Gasteiger partial charge in [-0.3, -0.25) is 0 Å². The molecule has 0 spiro atoms. The number of para-hydroxylation sites is 2. The second-order valence-corrected chi connectivity index (χ2v) is 13.6. The monoisotopic (exact) mass is 773 g/mol. The third-order valence-electron chi connectivity index (χ3n) is 8.62. The van der Waals surface area contributed by atoms with Crippen molar-refractivity contribution in [1.82, 2.24) is 9.80 Å². The van der Waals surface area contributed by atoms with Crippen LogP contribution in [0, 0.1) is 25.5 Å². The van der Waals surface area contributed by atoms with E-state index in [0.717, 1.165) is 34.0 Å². The summed E-state index contributed by atoms with van der Waals surface area (Å²) < 4.78 is 6.74. The molecule has 0 N–H and O–H groups in total. The molecule has 3 heterocycles. The molecule has 0 fully saturated rings. The molecule has 0 saturated carbocycles. The smallest absolute Gasteiger partial charge is 0.500 e. The fourth-order valence-electron chi connectivity index (χ4n) is 6.14. The van der Waals surface area contributed by atoms with E-state index >= 15 is 0 Å². The van der Waals surface area contributed by atoms with E-state index in [4.69, 9.17) is 4.74 Å². The number of ether oxygens (including phenoxy) is 1. The van der Waals surface area contributed by atoms with Crippen molar-refractivity contribution in [2.24, 2.45) is 0 Å². The molecular formula is C39H38N4OPt. The van der Waals surface area contributed by atoms with Crippen molar-refractivity contribution in [2.45, 2.75) is 58.0 Å². The molecule has 0 bridgehead atoms. The Balaban J connectivity index is 0.00000357. The Bertz CT molecular complexity index is 1610. The van der Waals surface area contributed by atoms with E-state index < -0.39 is 5.66 Å². The quantitative estimate of drug-likeness (QED) is 0.193. The Kier molecular flexibility index (Phi) is 7.90. The number of hydrogen-bond acceptors (Lipinski definition) is 5. The first kappa shape index (κ1) is 31.0. The zero-order valence-electron chi connectivity index (χ0n) is 26.6. The number of anilines is 2. The predicted octanol–water partition coefficient (Wildman–Crippen LogP) is 9.01. The molecule has 45 heavy (non-hydrogen) atoms. The van der Waals surface area contributed by atoms with Crippen LogP contribution in [0.2, 0.25) is 0 Å². The molecule has 5 nitrogen and oxygen atoms in total. The minimum atomic E-state index is -0.814. The second kappa shape index (κ2) is 11.4. The van der Waals surface area contributed by atoms with E-state index in [1.807, 2.05) is 36.4 Å². The molecule has 0 atom stereocenters. The molecule has 0 aromatic heterocycles. The second-order valence-electron chi connectivity index (χ2n) is 13.6. The maximum atomic E-state index is 6.74. The molecule has 0 aliphatic carbocycles. The maximum absolute atomic E-state index is 6.74. The Hall–Kier alpha value is -3.95. The van der Waals surface area contributed by atoms with Gasteiger partial charge < -0.3 is 24.3 Å². The van der Waals surface area contributed by atoms with Crippen molar-refractivity contribution in [3.8, 4) is 11.5 Å². The van der Waals surface area contributed by atoms with Gasteiger partial charge in [0.15, 0.2) is 0 Å². The van der Waals surface area contributed by atoms with Crippen molar-refractivity contribution in [3.05, 3.63) is 157 Å². The fraction of sp³-hybridized carbons (Fsp3) is 0.231. The van der Waals surface area contributed by atoms with Crippen molar-refractivity contribution < 1.29 is 25.8 Å². The van der Waals surface area contributed by atoms with Crippen LogP contribution in [0.5, 0.6) is 11.5 Å². The Morgan fingerprint density at radius 1 is 0.600 bits per heavy atom. The Labute approximate surface area is 282 Å². The first-order valence-electron chi connectivity index (χ1n) is 15.2. The first-order valence-corrected chi connectivity index (χ1v) is 15.2. The van der Waals surface area contributed by atoms with E-state index in [1.54, 1.807) is 0 Å². The van der Waals surface area contributed by atoms with Gasteiger partial charge in [-0.15, -0.1) is 11.4 Å². The van der Waals surface area contributed by atoms with Gasteiger partial charge in [0.25, 0.3) is 0 Å². The Morgan fingerprint density at radius 3 is 1.42 bits per heavy atom. The zero-order valence-corrected chi connectivity index (χ0v) is 28.8. The molecule has 0 unspecified atom stereocenters. The van der Waals surface area contributed by atoms with Gasteiger partial charge in [-0.1, -0.05) is 53.7 Å². The summed E-state index contributed by atoms with van der Waals surface area (Å²) in [7, 11) is 0. The van der Waals surface area contributed by atoms with Gasteiger partial charge in [-0.05, 0) is 71.0 Å². The average molecular weight is 774 g/mol. The van der Waals surface area contributed by atoms with Crippen LogP contribution in [0.4, 0.5) is 11.4 Å². The van der Waals surface area contributed by atoms with E-state index in [-0.39, 0.29) is 31.9 Å². The summed E-state index contributed by atoms with van der Waals surface area (Å²) in [5.74, 6) is 1.68. The van der Waals surface area contributed by atoms with Gasteiger partial charge in [0.05, 0.1) is 0 Å². The molecule has 0 amide bonds. The predicted molar refractivity (Wildman–Crippen MR) is 177 cm³/mol. The van der Waals surface area contributed by atoms with Gasteiger partial charge in [-0.25, -0.2) is 0 Å². The van der Waals surface area contributed by atoms with Gasteiger partial charge >= 0.3 is 21.1 Å². The summed E-state index contributed by atoms with van der Waals surface area (Å²) in [5, 5.41) is 0. The summed E-state index contributed by atoms with van der Waals surface area (Å²) >= 11 is 0. The first-order chi connectivity index (χ1) is 21.0. The minimum absolute atomic E-state index is 0. The number of rotatable bonds is 4. The van der Waals surface area contributed by atoms with Crippen LogP contribution in [0.3, 0.4) is 0 Å². The molecule has 4 aromatic rings. The summed E-state index contributed by atoms with van der Waals surface area (Å²) in [6.07, 6.45) is 8.52. The van der Waals surface area contributed by atoms with Gasteiger partial charge in [0, 0.05) is 11.1 Å². The standard InChI is InChI=1S/C39H38N4O.Pt/c1-37(2,3)29-17-19-35-33(25-29)39(34-26-30(38(4,5)6)18-20-36(34)44-35,42-23-21-40(27-42)31-13-9-7-10-14-31)43-24-22-41(28-43)32-15-11-8-12-16-32;/h7-13,15,17-28H,1-6H3;/q-4;+4. The van der Waals surface area contributed by atoms with Gasteiger partial charge in [0.1, 0.15) is 17.2 Å². The van der Waals surface area contributed by atoms with Crippen LogP contribution in [0.1, 0.15) is 63.8 Å². The molecule has 3 aliphatic rings. The van der Waals surface area contributed by atoms with Crippen LogP contribution in [-0.4, -0.2) is 9.80 Å². The fourth-order valence-corrected chi connectivity index (χ4v) is 6.14. The summed E-state index contributed by atoms with van der Waals surface area (Å²) in [6.45, 7) is 17.9. The van der Waals surface area contributed by atoms with Crippen molar-refractivity contribution in [3.63, 3.8) is 0 Å². The van der Waals surface area contributed by atoms with E-state index in [2.05, 4.69) is 160 Å². The van der Waals surface area contributed by atoms with Gasteiger partial charge in [-0.2, -0.15) is 74.0 Å². The Morgan fingerprint density at radius 2 is 1.04 bits per heavy atom. The largest absolute Gasteiger partial charge is 4.00 e. The van der Waals surface area contributed by atoms with E-state index in [9.17, 15) is 0 Å². The van der Waals surface area contributed by atoms with Crippen LogP contribution in [0.15, 0.2) is 110 Å². The maximum Gasteiger partial charge on any atom is 4.00 e. The van der Waals surface area contributed by atoms with Crippen LogP contribution < -0.4 is 14.5 Å². The topological polar surface area (TPSA) is 22.2 Å². The number of hydrogen-bond donors (Lipinski definition) is 0. The van der Waals surface area contributed by atoms with Crippen molar-refractivity contribution in [2.75, 3.05) is 9.80 Å². The third-order valence-corrected chi connectivity index (χ3v) is 8.62. The normalized spacial score (nSPS) is 16.8. The van der Waals surface area contributed by atoms with Crippen LogP contribution in [0.25, 0.3) is 0 Å². The zero-order chi connectivity index (χ0) is 30.7. The van der Waals surface area contributed by atoms with Crippen LogP contribution >= 0.6 is 0 Å². The SMILES string of the molecule is CC(C)(C)c1ccc2c(c1)C(N1C=CN(c3[c-]cccc3)[CH-]1)(N1C=CN(c3[c-]cccc3)[CH-]1)c1cc(C(C)(C)C)ccc1O2.[Pt+4]. The minimum Gasteiger partial charge on any atom is -0.500 e. The number of benzene rings is 4. The molecular weight excluding hydrogens is 736 g/mol. The molecule has 7 rings (SSSR count). The summed E-state index contributed by atoms with van der Waals surface area (Å²) in [6, 6.07) is 36.2. The molecule has 0 saturated heterocycles. The third kappa shape index (κ3) is 5.36. The number of fused-ring (bicyclic) bond motifs is 2. The molecule has 3 aliphatic heterocycles. The average Bonchev–Trinajstić information content (AvgIpc) is 3.71.